The maximum atomic E-state index is 11.4. The van der Waals surface area contributed by atoms with Crippen LogP contribution in [0.2, 0.25) is 0 Å². The van der Waals surface area contributed by atoms with Crippen molar-refractivity contribution in [2.45, 2.75) is 6.42 Å². The Hall–Kier alpha value is -3.61. The average molecular weight is 335 g/mol. The van der Waals surface area contributed by atoms with E-state index in [9.17, 15) is 20.0 Å². The summed E-state index contributed by atoms with van der Waals surface area (Å²) in [6, 6.07) is 15.2. The van der Waals surface area contributed by atoms with Gasteiger partial charge in [-0.3, -0.25) is 10.1 Å². The summed E-state index contributed by atoms with van der Waals surface area (Å²) < 4.78 is 0. The summed E-state index contributed by atoms with van der Waals surface area (Å²) in [5.74, 6) is -0.681. The Morgan fingerprint density at radius 3 is 2.36 bits per heavy atom. The van der Waals surface area contributed by atoms with E-state index >= 15 is 0 Å². The minimum atomic E-state index is -1.11. The third kappa shape index (κ3) is 3.66. The number of nitro benzene ring substituents is 1. The lowest BCUT2D eigenvalue weighted by atomic mass is 10.1. The summed E-state index contributed by atoms with van der Waals surface area (Å²) >= 11 is 0. The van der Waals surface area contributed by atoms with Crippen LogP contribution in [-0.2, 0) is 6.42 Å². The predicted octanol–water partition coefficient (Wildman–Crippen LogP) is 3.34. The van der Waals surface area contributed by atoms with Crippen LogP contribution in [0, 0.1) is 10.1 Å². The molecule has 25 heavy (non-hydrogen) atoms. The van der Waals surface area contributed by atoms with Gasteiger partial charge in [-0.2, -0.15) is 0 Å². The number of non-ortho nitro benzene ring substituents is 1. The first-order valence-electron chi connectivity index (χ1n) is 7.42. The van der Waals surface area contributed by atoms with Crippen molar-refractivity contribution < 1.29 is 14.8 Å². The zero-order valence-corrected chi connectivity index (χ0v) is 13.0. The van der Waals surface area contributed by atoms with Gasteiger partial charge >= 0.3 is 5.97 Å². The van der Waals surface area contributed by atoms with Gasteiger partial charge in [0.05, 0.1) is 16.2 Å². The molecule has 1 N–H and O–H groups in total. The van der Waals surface area contributed by atoms with Crippen LogP contribution in [0.5, 0.6) is 0 Å². The van der Waals surface area contributed by atoms with Crippen molar-refractivity contribution in [2.75, 3.05) is 0 Å². The Bertz CT molecular complexity index is 925. The summed E-state index contributed by atoms with van der Waals surface area (Å²) in [4.78, 5) is 30.2. The van der Waals surface area contributed by atoms with E-state index in [0.717, 1.165) is 11.1 Å². The number of nitro groups is 1. The maximum Gasteiger partial charge on any atom is 0.339 e. The Morgan fingerprint density at radius 2 is 1.76 bits per heavy atom. The quantitative estimate of drug-likeness (QED) is 0.566. The van der Waals surface area contributed by atoms with Crippen molar-refractivity contribution in [3.05, 3.63) is 87.7 Å². The van der Waals surface area contributed by atoms with Gasteiger partial charge < -0.3 is 5.11 Å². The van der Waals surface area contributed by atoms with E-state index in [0.29, 0.717) is 11.5 Å². The number of hydrogen-bond donors (Lipinski definition) is 1. The number of carbonyl (C=O) groups is 1. The van der Waals surface area contributed by atoms with Crippen molar-refractivity contribution in [1.82, 2.24) is 9.97 Å². The Labute approximate surface area is 142 Å². The van der Waals surface area contributed by atoms with Crippen LogP contribution in [0.1, 0.15) is 21.6 Å². The highest BCUT2D eigenvalue weighted by molar-refractivity contribution is 5.88. The van der Waals surface area contributed by atoms with E-state index < -0.39 is 10.9 Å². The molecule has 0 fully saturated rings. The van der Waals surface area contributed by atoms with Crippen LogP contribution in [0.3, 0.4) is 0 Å². The van der Waals surface area contributed by atoms with Crippen LogP contribution < -0.4 is 0 Å². The van der Waals surface area contributed by atoms with Gasteiger partial charge in [0, 0.05) is 30.3 Å². The molecule has 0 amide bonds. The number of hydrogen-bond acceptors (Lipinski definition) is 5. The van der Waals surface area contributed by atoms with E-state index in [1.165, 1.54) is 18.3 Å². The maximum absolute atomic E-state index is 11.4. The van der Waals surface area contributed by atoms with Crippen LogP contribution >= 0.6 is 0 Å². The highest BCUT2D eigenvalue weighted by atomic mass is 16.6. The number of carboxylic acids is 1. The molecular weight excluding hydrogens is 322 g/mol. The molecule has 124 valence electrons. The second-order valence-electron chi connectivity index (χ2n) is 5.33. The summed E-state index contributed by atoms with van der Waals surface area (Å²) in [5, 5.41) is 20.1. The normalized spacial score (nSPS) is 10.4. The molecule has 0 aliphatic heterocycles. The molecule has 0 bridgehead atoms. The number of carboxylic acid groups (broad SMARTS) is 1. The first-order chi connectivity index (χ1) is 12.0. The first-order valence-corrected chi connectivity index (χ1v) is 7.42. The van der Waals surface area contributed by atoms with Gasteiger partial charge in [-0.25, -0.2) is 14.8 Å². The fraction of sp³-hybridized carbons (Fsp3) is 0.0556. The molecule has 7 nitrogen and oxygen atoms in total. The van der Waals surface area contributed by atoms with Crippen LogP contribution in [-0.4, -0.2) is 26.0 Å². The van der Waals surface area contributed by atoms with Crippen molar-refractivity contribution in [3.8, 4) is 11.4 Å². The average Bonchev–Trinajstić information content (AvgIpc) is 2.62. The van der Waals surface area contributed by atoms with E-state index in [1.54, 1.807) is 12.1 Å². The molecule has 0 unspecified atom stereocenters. The summed E-state index contributed by atoms with van der Waals surface area (Å²) in [7, 11) is 0. The number of rotatable bonds is 5. The second-order valence-corrected chi connectivity index (χ2v) is 5.33. The second kappa shape index (κ2) is 6.88. The molecule has 1 heterocycles. The van der Waals surface area contributed by atoms with Crippen LogP contribution in [0.4, 0.5) is 5.69 Å². The number of nitrogens with zero attached hydrogens (tertiary/aromatic N) is 3. The van der Waals surface area contributed by atoms with Gasteiger partial charge in [-0.1, -0.05) is 42.5 Å². The smallest absolute Gasteiger partial charge is 0.339 e. The topological polar surface area (TPSA) is 106 Å². The lowest BCUT2D eigenvalue weighted by Crippen LogP contribution is -2.08. The standard InChI is InChI=1S/C18H13N3O4/c22-18(23)15-11-19-17(13-4-2-1-3-5-13)20-16(15)10-12-6-8-14(9-7-12)21(24)25/h1-9,11H,10H2,(H,22,23). The molecule has 3 aromatic rings. The molecule has 3 rings (SSSR count). The lowest BCUT2D eigenvalue weighted by molar-refractivity contribution is -0.384. The van der Waals surface area contributed by atoms with E-state index in [4.69, 9.17) is 0 Å². The lowest BCUT2D eigenvalue weighted by Gasteiger charge is -2.08. The first kappa shape index (κ1) is 16.3. The molecule has 0 saturated heterocycles. The third-order valence-electron chi connectivity index (χ3n) is 3.65. The molecule has 0 atom stereocenters. The minimum Gasteiger partial charge on any atom is -0.478 e. The fourth-order valence-corrected chi connectivity index (χ4v) is 2.39. The molecular formula is C18H13N3O4. The van der Waals surface area contributed by atoms with Crippen LogP contribution in [0.15, 0.2) is 60.8 Å². The molecule has 7 heteroatoms. The van der Waals surface area contributed by atoms with Gasteiger partial charge in [0.25, 0.3) is 5.69 Å². The molecule has 0 aliphatic carbocycles. The zero-order chi connectivity index (χ0) is 17.8. The van der Waals surface area contributed by atoms with Gasteiger partial charge in [-0.05, 0) is 5.56 Å². The number of aromatic nitrogens is 2. The summed E-state index contributed by atoms with van der Waals surface area (Å²) in [6.07, 6.45) is 1.53. The van der Waals surface area contributed by atoms with Gasteiger partial charge in [0.2, 0.25) is 0 Å². The molecule has 2 aromatic carbocycles. The molecule has 0 spiro atoms. The highest BCUT2D eigenvalue weighted by Crippen LogP contribution is 2.20. The largest absolute Gasteiger partial charge is 0.478 e. The fourth-order valence-electron chi connectivity index (χ4n) is 2.39. The molecule has 0 aliphatic rings. The van der Waals surface area contributed by atoms with Gasteiger partial charge in [0.15, 0.2) is 5.82 Å². The Kier molecular flexibility index (Phi) is 4.47. The van der Waals surface area contributed by atoms with Gasteiger partial charge in [0.1, 0.15) is 0 Å². The zero-order valence-electron chi connectivity index (χ0n) is 13.0. The monoisotopic (exact) mass is 335 g/mol. The van der Waals surface area contributed by atoms with E-state index in [-0.39, 0.29) is 17.7 Å². The molecule has 0 radical (unpaired) electrons. The van der Waals surface area contributed by atoms with E-state index in [2.05, 4.69) is 9.97 Å². The summed E-state index contributed by atoms with van der Waals surface area (Å²) in [6.45, 7) is 0. The minimum absolute atomic E-state index is 0.0121. The number of aromatic carboxylic acids is 1. The third-order valence-corrected chi connectivity index (χ3v) is 3.65. The highest BCUT2D eigenvalue weighted by Gasteiger charge is 2.15. The van der Waals surface area contributed by atoms with Crippen molar-refractivity contribution in [3.63, 3.8) is 0 Å². The number of benzene rings is 2. The SMILES string of the molecule is O=C(O)c1cnc(-c2ccccc2)nc1Cc1ccc([N+](=O)[O-])cc1. The molecule has 1 aromatic heterocycles. The van der Waals surface area contributed by atoms with Crippen molar-refractivity contribution in [2.24, 2.45) is 0 Å². The van der Waals surface area contributed by atoms with E-state index in [1.807, 2.05) is 30.3 Å². The van der Waals surface area contributed by atoms with Gasteiger partial charge in [-0.15, -0.1) is 0 Å². The predicted molar refractivity (Wildman–Crippen MR) is 90.3 cm³/mol. The summed E-state index contributed by atoms with van der Waals surface area (Å²) in [5.41, 5.74) is 1.86. The van der Waals surface area contributed by atoms with Crippen molar-refractivity contribution in [1.29, 1.82) is 0 Å². The molecule has 0 saturated carbocycles. The van der Waals surface area contributed by atoms with Crippen molar-refractivity contribution >= 4 is 11.7 Å². The Morgan fingerprint density at radius 1 is 1.08 bits per heavy atom. The Balaban J connectivity index is 1.98. The van der Waals surface area contributed by atoms with Crippen LogP contribution in [0.25, 0.3) is 11.4 Å².